The van der Waals surface area contributed by atoms with Crippen LogP contribution in [0, 0.1) is 6.92 Å². The van der Waals surface area contributed by atoms with Crippen LogP contribution in [0.4, 0.5) is 5.13 Å². The fraction of sp³-hybridized carbons (Fsp3) is 0.208. The van der Waals surface area contributed by atoms with Gasteiger partial charge in [-0.15, -0.1) is 0 Å². The number of aromatic nitrogens is 1. The summed E-state index contributed by atoms with van der Waals surface area (Å²) in [5.41, 5.74) is 3.62. The summed E-state index contributed by atoms with van der Waals surface area (Å²) in [6.45, 7) is 2.85. The fourth-order valence-corrected chi connectivity index (χ4v) is 4.77. The van der Waals surface area contributed by atoms with E-state index < -0.39 is 10.1 Å². The number of rotatable bonds is 5. The molecule has 0 radical (unpaired) electrons. The van der Waals surface area contributed by atoms with Gasteiger partial charge >= 0.3 is 5.13 Å². The maximum Gasteiger partial charge on any atom is 0.336 e. The molecule has 5 nitrogen and oxygen atoms in total. The summed E-state index contributed by atoms with van der Waals surface area (Å²) in [6.07, 6.45) is 1.07. The second-order valence-electron chi connectivity index (χ2n) is 7.34. The Kier molecular flexibility index (Phi) is 7.43. The van der Waals surface area contributed by atoms with Gasteiger partial charge in [0.05, 0.1) is 30.2 Å². The summed E-state index contributed by atoms with van der Waals surface area (Å²) in [5, 5.41) is 1.31. The molecule has 0 aliphatic carbocycles. The molecule has 0 unspecified atom stereocenters. The maximum absolute atomic E-state index is 10.4. The van der Waals surface area contributed by atoms with Crippen LogP contribution in [-0.4, -0.2) is 26.6 Å². The molecule has 0 N–H and O–H groups in total. The summed E-state index contributed by atoms with van der Waals surface area (Å²) >= 11 is 1.86. The quantitative estimate of drug-likeness (QED) is 0.333. The Morgan fingerprint density at radius 3 is 2.16 bits per heavy atom. The normalized spacial score (nSPS) is 11.1. The Morgan fingerprint density at radius 2 is 1.55 bits per heavy atom. The predicted octanol–water partition coefficient (Wildman–Crippen LogP) is 4.30. The van der Waals surface area contributed by atoms with E-state index in [2.05, 4.69) is 78.2 Å². The van der Waals surface area contributed by atoms with Gasteiger partial charge in [-0.1, -0.05) is 60.2 Å². The van der Waals surface area contributed by atoms with Crippen molar-refractivity contribution in [2.75, 3.05) is 18.5 Å². The van der Waals surface area contributed by atoms with Crippen LogP contribution in [0.25, 0.3) is 10.2 Å². The van der Waals surface area contributed by atoms with E-state index in [-0.39, 0.29) is 4.90 Å². The van der Waals surface area contributed by atoms with Crippen molar-refractivity contribution in [2.24, 2.45) is 7.05 Å². The van der Waals surface area contributed by atoms with Gasteiger partial charge in [-0.25, -0.2) is 13.0 Å². The highest BCUT2D eigenvalue weighted by atomic mass is 32.2. The molecule has 31 heavy (non-hydrogen) atoms. The lowest BCUT2D eigenvalue weighted by Gasteiger charge is -2.10. The number of fused-ring (bicyclic) bond motifs is 1. The minimum atomic E-state index is -4.27. The SMILES string of the molecule is CN(CCc1ccccc1)c1sc2ccccc2[n+]1C.Cc1ccc(S(=O)(=O)[O-])cc1. The molecule has 4 rings (SSSR count). The number of aryl methyl sites for hydroxylation is 2. The summed E-state index contributed by atoms with van der Waals surface area (Å²) in [6, 6.07) is 25.0. The first-order chi connectivity index (χ1) is 14.8. The third-order valence-corrected chi connectivity index (χ3v) is 7.11. The highest BCUT2D eigenvalue weighted by molar-refractivity contribution is 7.85. The van der Waals surface area contributed by atoms with E-state index in [9.17, 15) is 13.0 Å². The molecule has 0 saturated carbocycles. The topological polar surface area (TPSA) is 64.3 Å². The van der Waals surface area contributed by atoms with Gasteiger partial charge in [-0.3, -0.25) is 4.90 Å². The largest absolute Gasteiger partial charge is 0.744 e. The van der Waals surface area contributed by atoms with E-state index in [1.54, 1.807) is 12.1 Å². The number of hydrogen-bond acceptors (Lipinski definition) is 5. The van der Waals surface area contributed by atoms with E-state index in [0.29, 0.717) is 0 Å². The van der Waals surface area contributed by atoms with Gasteiger partial charge in [-0.2, -0.15) is 0 Å². The first-order valence-corrected chi connectivity index (χ1v) is 12.1. The summed E-state index contributed by atoms with van der Waals surface area (Å²) < 4.78 is 34.8. The predicted molar refractivity (Wildman–Crippen MR) is 126 cm³/mol. The lowest BCUT2D eigenvalue weighted by atomic mass is 10.1. The van der Waals surface area contributed by atoms with E-state index in [1.807, 2.05) is 18.3 Å². The molecule has 0 aliphatic heterocycles. The van der Waals surface area contributed by atoms with Crippen molar-refractivity contribution in [3.8, 4) is 0 Å². The molecule has 162 valence electrons. The van der Waals surface area contributed by atoms with Gasteiger partial charge in [0.15, 0.2) is 0 Å². The number of benzene rings is 3. The molecule has 0 amide bonds. The zero-order valence-electron chi connectivity index (χ0n) is 17.9. The van der Waals surface area contributed by atoms with Crippen LogP contribution in [0.2, 0.25) is 0 Å². The minimum absolute atomic E-state index is 0.178. The standard InChI is InChI=1S/C17H19N2S.C7H8O3S/c1-18(13-12-14-8-4-3-5-9-14)17-19(2)15-10-6-7-11-16(15)20-17;1-6-2-4-7(5-3-6)11(8,9)10/h3-11H,12-13H2,1-2H3;2-5H,1H3,(H,8,9,10)/q+1;/p-1. The smallest absolute Gasteiger partial charge is 0.336 e. The van der Waals surface area contributed by atoms with Crippen molar-refractivity contribution in [3.63, 3.8) is 0 Å². The fourth-order valence-electron chi connectivity index (χ4n) is 3.17. The molecule has 3 aromatic carbocycles. The third-order valence-electron chi connectivity index (χ3n) is 4.93. The summed E-state index contributed by atoms with van der Waals surface area (Å²) in [4.78, 5) is 2.17. The van der Waals surface area contributed by atoms with Crippen molar-refractivity contribution in [3.05, 3.63) is 90.0 Å². The monoisotopic (exact) mass is 454 g/mol. The van der Waals surface area contributed by atoms with Crippen molar-refractivity contribution < 1.29 is 17.5 Å². The van der Waals surface area contributed by atoms with Crippen molar-refractivity contribution in [1.29, 1.82) is 0 Å². The Bertz CT molecular complexity index is 1240. The molecular formula is C24H26N2O3S2. The molecule has 1 heterocycles. The maximum atomic E-state index is 10.4. The number of nitrogens with zero attached hydrogens (tertiary/aromatic N) is 2. The van der Waals surface area contributed by atoms with Gasteiger partial charge in [-0.05, 0) is 48.1 Å². The number of hydrogen-bond donors (Lipinski definition) is 0. The zero-order chi connectivity index (χ0) is 22.4. The third kappa shape index (κ3) is 6.13. The van der Waals surface area contributed by atoms with Crippen molar-refractivity contribution in [2.45, 2.75) is 18.2 Å². The molecule has 0 atom stereocenters. The number of anilines is 1. The molecule has 4 aromatic rings. The molecule has 0 spiro atoms. The molecule has 0 saturated heterocycles. The number of thiazole rings is 1. The van der Waals surface area contributed by atoms with Crippen LogP contribution in [0.3, 0.4) is 0 Å². The van der Waals surface area contributed by atoms with Gasteiger partial charge in [0.25, 0.3) is 0 Å². The van der Waals surface area contributed by atoms with E-state index in [0.717, 1.165) is 18.5 Å². The Hall–Kier alpha value is -2.74. The lowest BCUT2D eigenvalue weighted by molar-refractivity contribution is -0.628. The zero-order valence-corrected chi connectivity index (χ0v) is 19.5. The highest BCUT2D eigenvalue weighted by Crippen LogP contribution is 2.25. The number of likely N-dealkylation sites (N-methyl/N-ethyl adjacent to an activating group) is 1. The van der Waals surface area contributed by atoms with Crippen LogP contribution in [-0.2, 0) is 23.6 Å². The summed E-state index contributed by atoms with van der Waals surface area (Å²) in [5.74, 6) is 0. The van der Waals surface area contributed by atoms with Crippen molar-refractivity contribution in [1.82, 2.24) is 0 Å². The molecule has 1 aromatic heterocycles. The second kappa shape index (κ2) is 10.0. The molecule has 0 bridgehead atoms. The Labute approximate surface area is 188 Å². The summed E-state index contributed by atoms with van der Waals surface area (Å²) in [7, 11) is 0.0507. The first-order valence-electron chi connectivity index (χ1n) is 9.91. The molecule has 0 aliphatic rings. The van der Waals surface area contributed by atoms with E-state index in [1.165, 1.54) is 33.0 Å². The van der Waals surface area contributed by atoms with Gasteiger partial charge < -0.3 is 4.55 Å². The Morgan fingerprint density at radius 1 is 0.935 bits per heavy atom. The highest BCUT2D eigenvalue weighted by Gasteiger charge is 2.19. The lowest BCUT2D eigenvalue weighted by Crippen LogP contribution is -2.35. The van der Waals surface area contributed by atoms with Crippen LogP contribution < -0.4 is 9.47 Å². The minimum Gasteiger partial charge on any atom is -0.744 e. The second-order valence-corrected chi connectivity index (χ2v) is 9.72. The van der Waals surface area contributed by atoms with Gasteiger partial charge in [0.2, 0.25) is 0 Å². The van der Waals surface area contributed by atoms with E-state index >= 15 is 0 Å². The van der Waals surface area contributed by atoms with Crippen molar-refractivity contribution >= 4 is 36.8 Å². The number of para-hydroxylation sites is 1. The Balaban J connectivity index is 0.000000210. The molecule has 7 heteroatoms. The average Bonchev–Trinajstić information content (AvgIpc) is 3.10. The van der Waals surface area contributed by atoms with Crippen LogP contribution >= 0.6 is 11.3 Å². The van der Waals surface area contributed by atoms with Crippen LogP contribution in [0.15, 0.2) is 83.8 Å². The first kappa shape index (κ1) is 22.9. The van der Waals surface area contributed by atoms with Crippen LogP contribution in [0.5, 0.6) is 0 Å². The molecule has 0 fully saturated rings. The molecular weight excluding hydrogens is 428 g/mol. The average molecular weight is 455 g/mol. The van der Waals surface area contributed by atoms with Gasteiger partial charge in [0, 0.05) is 6.42 Å². The van der Waals surface area contributed by atoms with Gasteiger partial charge in [0.1, 0.15) is 15.6 Å². The van der Waals surface area contributed by atoms with E-state index in [4.69, 9.17) is 0 Å². The van der Waals surface area contributed by atoms with Crippen LogP contribution in [0.1, 0.15) is 11.1 Å².